The molecule has 7 nitrogen and oxygen atoms in total. The van der Waals surface area contributed by atoms with Crippen LogP contribution in [0, 0.1) is 0 Å². The molecule has 1 aromatic rings. The number of carbonyl (C=O) groups is 3. The summed E-state index contributed by atoms with van der Waals surface area (Å²) in [6.07, 6.45) is 1.58. The highest BCUT2D eigenvalue weighted by Crippen LogP contribution is 2.12. The zero-order valence-corrected chi connectivity index (χ0v) is 11.0. The number of nitrogens with one attached hydrogen (secondary N) is 1. The molecule has 0 atom stereocenters. The van der Waals surface area contributed by atoms with Gasteiger partial charge in [-0.05, 0) is 12.1 Å². The number of pyridine rings is 1. The third-order valence-electron chi connectivity index (χ3n) is 3.08. The Hall–Kier alpha value is -2.44. The van der Waals surface area contributed by atoms with E-state index in [2.05, 4.69) is 10.3 Å². The predicted octanol–water partition coefficient (Wildman–Crippen LogP) is 0.130. The lowest BCUT2D eigenvalue weighted by Crippen LogP contribution is -2.61. The van der Waals surface area contributed by atoms with E-state index < -0.39 is 5.97 Å². The van der Waals surface area contributed by atoms with Crippen molar-refractivity contribution in [1.82, 2.24) is 15.2 Å². The molecule has 0 spiro atoms. The van der Waals surface area contributed by atoms with Crippen molar-refractivity contribution in [3.05, 3.63) is 29.6 Å². The Balaban J connectivity index is 1.90. The van der Waals surface area contributed by atoms with Crippen LogP contribution in [0.1, 0.15) is 34.2 Å². The number of hydrogen-bond acceptors (Lipinski definition) is 4. The van der Waals surface area contributed by atoms with E-state index in [0.29, 0.717) is 19.5 Å². The Kier molecular flexibility index (Phi) is 3.97. The van der Waals surface area contributed by atoms with Crippen LogP contribution in [0.3, 0.4) is 0 Å². The van der Waals surface area contributed by atoms with Crippen LogP contribution in [0.15, 0.2) is 18.3 Å². The maximum atomic E-state index is 12.0. The molecule has 0 aliphatic carbocycles. The Morgan fingerprint density at radius 2 is 2.10 bits per heavy atom. The molecule has 1 fully saturated rings. The summed E-state index contributed by atoms with van der Waals surface area (Å²) in [7, 11) is 0. The van der Waals surface area contributed by atoms with Crippen molar-refractivity contribution in [3.8, 4) is 0 Å². The number of carbonyl (C=O) groups excluding carboxylic acids is 2. The molecule has 7 heteroatoms. The van der Waals surface area contributed by atoms with Gasteiger partial charge in [0.15, 0.2) is 0 Å². The number of likely N-dealkylation sites (tertiary alicyclic amines) is 1. The molecule has 0 aromatic carbocycles. The van der Waals surface area contributed by atoms with E-state index in [0.717, 1.165) is 6.20 Å². The summed E-state index contributed by atoms with van der Waals surface area (Å²) in [6.45, 7) is 2.67. The standard InChI is InChI=1S/C13H15N3O4/c1-2-11(17)15-9-6-16(7-9)12(18)10-4-3-8(5-14-10)13(19)20/h3-5,9H,2,6-7H2,1H3,(H,15,17)(H,19,20). The van der Waals surface area contributed by atoms with E-state index in [-0.39, 0.29) is 29.1 Å². The Morgan fingerprint density at radius 3 is 2.60 bits per heavy atom. The second-order valence-corrected chi connectivity index (χ2v) is 4.57. The molecule has 1 aliphatic rings. The van der Waals surface area contributed by atoms with Crippen molar-refractivity contribution in [2.45, 2.75) is 19.4 Å². The van der Waals surface area contributed by atoms with E-state index >= 15 is 0 Å². The molecule has 2 heterocycles. The fourth-order valence-corrected chi connectivity index (χ4v) is 1.87. The van der Waals surface area contributed by atoms with Gasteiger partial charge in [-0.25, -0.2) is 4.79 Å². The minimum atomic E-state index is -1.08. The highest BCUT2D eigenvalue weighted by Gasteiger charge is 2.32. The molecule has 0 saturated carbocycles. The molecule has 20 heavy (non-hydrogen) atoms. The van der Waals surface area contributed by atoms with Gasteiger partial charge in [0.2, 0.25) is 5.91 Å². The summed E-state index contributed by atoms with van der Waals surface area (Å²) in [4.78, 5) is 39.3. The molecule has 2 N–H and O–H groups in total. The first-order chi connectivity index (χ1) is 9.51. The van der Waals surface area contributed by atoms with Crippen molar-refractivity contribution in [3.63, 3.8) is 0 Å². The van der Waals surface area contributed by atoms with Gasteiger partial charge >= 0.3 is 5.97 Å². The van der Waals surface area contributed by atoms with Crippen LogP contribution in [0.5, 0.6) is 0 Å². The summed E-state index contributed by atoms with van der Waals surface area (Å²) in [5.74, 6) is -1.38. The van der Waals surface area contributed by atoms with Crippen LogP contribution in [0.4, 0.5) is 0 Å². The molecule has 0 unspecified atom stereocenters. The zero-order chi connectivity index (χ0) is 14.7. The summed E-state index contributed by atoms with van der Waals surface area (Å²) in [5.41, 5.74) is 0.244. The summed E-state index contributed by atoms with van der Waals surface area (Å²) < 4.78 is 0. The minimum absolute atomic E-state index is 0.00954. The van der Waals surface area contributed by atoms with Crippen LogP contribution in [0.2, 0.25) is 0 Å². The van der Waals surface area contributed by atoms with Gasteiger partial charge in [-0.1, -0.05) is 6.92 Å². The first-order valence-corrected chi connectivity index (χ1v) is 6.29. The molecule has 0 radical (unpaired) electrons. The molecule has 2 rings (SSSR count). The van der Waals surface area contributed by atoms with Crippen LogP contribution in [-0.4, -0.2) is 51.9 Å². The van der Waals surface area contributed by atoms with E-state index in [1.807, 2.05) is 0 Å². The number of carboxylic acids is 1. The number of nitrogens with zero attached hydrogens (tertiary/aromatic N) is 2. The number of carboxylic acid groups (broad SMARTS) is 1. The SMILES string of the molecule is CCC(=O)NC1CN(C(=O)c2ccc(C(=O)O)cn2)C1. The number of amides is 2. The molecule has 1 aromatic heterocycles. The van der Waals surface area contributed by atoms with Crippen molar-refractivity contribution < 1.29 is 19.5 Å². The molecule has 0 bridgehead atoms. The topological polar surface area (TPSA) is 99.6 Å². The van der Waals surface area contributed by atoms with Crippen molar-refractivity contribution >= 4 is 17.8 Å². The van der Waals surface area contributed by atoms with E-state index in [1.54, 1.807) is 11.8 Å². The second kappa shape index (κ2) is 5.68. The lowest BCUT2D eigenvalue weighted by atomic mass is 10.1. The van der Waals surface area contributed by atoms with Gasteiger partial charge in [0.05, 0.1) is 11.6 Å². The summed E-state index contributed by atoms with van der Waals surface area (Å²) in [6, 6.07) is 2.73. The summed E-state index contributed by atoms with van der Waals surface area (Å²) >= 11 is 0. The number of hydrogen-bond donors (Lipinski definition) is 2. The van der Waals surface area contributed by atoms with Gasteiger partial charge in [0.25, 0.3) is 5.91 Å². The van der Waals surface area contributed by atoms with Crippen molar-refractivity contribution in [2.24, 2.45) is 0 Å². The number of rotatable bonds is 4. The average Bonchev–Trinajstić information content (AvgIpc) is 2.41. The van der Waals surface area contributed by atoms with E-state index in [9.17, 15) is 14.4 Å². The quantitative estimate of drug-likeness (QED) is 0.815. The monoisotopic (exact) mass is 277 g/mol. The molecule has 2 amide bonds. The summed E-state index contributed by atoms with van der Waals surface area (Å²) in [5, 5.41) is 11.5. The third-order valence-corrected chi connectivity index (χ3v) is 3.08. The largest absolute Gasteiger partial charge is 0.478 e. The maximum absolute atomic E-state index is 12.0. The van der Waals surface area contributed by atoms with Gasteiger partial charge < -0.3 is 15.3 Å². The van der Waals surface area contributed by atoms with Crippen LogP contribution in [0.25, 0.3) is 0 Å². The van der Waals surface area contributed by atoms with Crippen molar-refractivity contribution in [1.29, 1.82) is 0 Å². The van der Waals surface area contributed by atoms with Crippen LogP contribution < -0.4 is 5.32 Å². The minimum Gasteiger partial charge on any atom is -0.478 e. The highest BCUT2D eigenvalue weighted by molar-refractivity contribution is 5.94. The van der Waals surface area contributed by atoms with Gasteiger partial charge in [0, 0.05) is 25.7 Å². The van der Waals surface area contributed by atoms with Gasteiger partial charge in [0.1, 0.15) is 5.69 Å². The normalized spacial score (nSPS) is 14.6. The highest BCUT2D eigenvalue weighted by atomic mass is 16.4. The molecule has 106 valence electrons. The fourth-order valence-electron chi connectivity index (χ4n) is 1.87. The lowest BCUT2D eigenvalue weighted by Gasteiger charge is -2.39. The van der Waals surface area contributed by atoms with Gasteiger partial charge in [-0.2, -0.15) is 0 Å². The molecule has 1 saturated heterocycles. The number of aromatic nitrogens is 1. The molecule has 1 aliphatic heterocycles. The Bertz CT molecular complexity index is 535. The molecular weight excluding hydrogens is 262 g/mol. The zero-order valence-electron chi connectivity index (χ0n) is 11.0. The predicted molar refractivity (Wildman–Crippen MR) is 69.3 cm³/mol. The first kappa shape index (κ1) is 14.0. The third kappa shape index (κ3) is 2.93. The maximum Gasteiger partial charge on any atom is 0.337 e. The van der Waals surface area contributed by atoms with Gasteiger partial charge in [-0.15, -0.1) is 0 Å². The Morgan fingerprint density at radius 1 is 1.40 bits per heavy atom. The van der Waals surface area contributed by atoms with Crippen molar-refractivity contribution in [2.75, 3.05) is 13.1 Å². The average molecular weight is 277 g/mol. The number of aromatic carboxylic acids is 1. The second-order valence-electron chi connectivity index (χ2n) is 4.57. The molecular formula is C13H15N3O4. The Labute approximate surface area is 115 Å². The lowest BCUT2D eigenvalue weighted by molar-refractivity contribution is -0.122. The fraction of sp³-hybridized carbons (Fsp3) is 0.385. The first-order valence-electron chi connectivity index (χ1n) is 6.29. The van der Waals surface area contributed by atoms with E-state index in [1.165, 1.54) is 12.1 Å². The smallest absolute Gasteiger partial charge is 0.337 e. The van der Waals surface area contributed by atoms with Crippen LogP contribution in [-0.2, 0) is 4.79 Å². The van der Waals surface area contributed by atoms with Gasteiger partial charge in [-0.3, -0.25) is 14.6 Å². The van der Waals surface area contributed by atoms with E-state index in [4.69, 9.17) is 5.11 Å². The van der Waals surface area contributed by atoms with Crippen LogP contribution >= 0.6 is 0 Å².